The fourth-order valence-corrected chi connectivity index (χ4v) is 2.91. The minimum atomic E-state index is -0.415. The molecule has 0 saturated carbocycles. The van der Waals surface area contributed by atoms with Gasteiger partial charge in [0.05, 0.1) is 11.4 Å². The maximum atomic E-state index is 13.6. The molecule has 1 fully saturated rings. The zero-order valence-corrected chi connectivity index (χ0v) is 12.7. The molecule has 0 aliphatic carbocycles. The Bertz CT molecular complexity index is 643. The highest BCUT2D eigenvalue weighted by molar-refractivity contribution is 7.09. The van der Waals surface area contributed by atoms with Crippen LogP contribution in [0.3, 0.4) is 0 Å². The third kappa shape index (κ3) is 3.51. The van der Waals surface area contributed by atoms with E-state index in [2.05, 4.69) is 24.9 Å². The lowest BCUT2D eigenvalue weighted by Gasteiger charge is -2.30. The van der Waals surface area contributed by atoms with Crippen molar-refractivity contribution in [1.82, 2.24) is 9.36 Å². The van der Waals surface area contributed by atoms with E-state index in [4.69, 9.17) is 0 Å². The summed E-state index contributed by atoms with van der Waals surface area (Å²) in [6, 6.07) is 3.97. The molecule has 8 heteroatoms. The van der Waals surface area contributed by atoms with Gasteiger partial charge in [-0.25, -0.2) is 14.2 Å². The lowest BCUT2D eigenvalue weighted by atomic mass is 10.1. The van der Waals surface area contributed by atoms with E-state index in [1.165, 1.54) is 24.9 Å². The molecule has 0 radical (unpaired) electrons. The second kappa shape index (κ2) is 6.69. The number of rotatable bonds is 3. The van der Waals surface area contributed by atoms with Crippen LogP contribution in [0.25, 0.3) is 0 Å². The van der Waals surface area contributed by atoms with Crippen molar-refractivity contribution in [3.05, 3.63) is 30.3 Å². The fraction of sp³-hybridized carbons (Fsp3) is 0.357. The second-order valence-corrected chi connectivity index (χ2v) is 5.81. The predicted molar refractivity (Wildman–Crippen MR) is 85.0 cm³/mol. The van der Waals surface area contributed by atoms with Crippen molar-refractivity contribution >= 4 is 34.1 Å². The van der Waals surface area contributed by atoms with Crippen LogP contribution in [-0.2, 0) is 0 Å². The number of halogens is 1. The minimum absolute atomic E-state index is 0.310. The first-order chi connectivity index (χ1) is 10.7. The van der Waals surface area contributed by atoms with Crippen LogP contribution in [-0.4, -0.2) is 28.5 Å². The Morgan fingerprint density at radius 1 is 1.23 bits per heavy atom. The Balaban J connectivity index is 1.76. The number of hydrogen-bond acceptors (Lipinski definition) is 5. The standard InChI is InChI=1S/C14H16FN5OS/c15-10-4-5-11(12(8-10)20-6-2-1-3-7-20)18-13(21)19-14-16-9-17-22-14/h4-5,8-9H,1-3,6-7H2,(H2,16,17,18,19,21). The van der Waals surface area contributed by atoms with Crippen molar-refractivity contribution in [3.63, 3.8) is 0 Å². The van der Waals surface area contributed by atoms with Crippen LogP contribution in [0.1, 0.15) is 19.3 Å². The van der Waals surface area contributed by atoms with Gasteiger partial charge in [-0.2, -0.15) is 4.37 Å². The SMILES string of the molecule is O=C(Nc1ncns1)Nc1ccc(F)cc1N1CCCCC1. The minimum Gasteiger partial charge on any atom is -0.370 e. The van der Waals surface area contributed by atoms with E-state index in [1.807, 2.05) is 0 Å². The van der Waals surface area contributed by atoms with Gasteiger partial charge in [-0.15, -0.1) is 0 Å². The lowest BCUT2D eigenvalue weighted by Crippen LogP contribution is -2.31. The van der Waals surface area contributed by atoms with Crippen molar-refractivity contribution in [3.8, 4) is 0 Å². The molecule has 1 aliphatic rings. The summed E-state index contributed by atoms with van der Waals surface area (Å²) in [7, 11) is 0. The largest absolute Gasteiger partial charge is 0.370 e. The number of carbonyl (C=O) groups excluding carboxylic acids is 1. The summed E-state index contributed by atoms with van der Waals surface area (Å²) >= 11 is 1.09. The van der Waals surface area contributed by atoms with Gasteiger partial charge in [-0.3, -0.25) is 5.32 Å². The van der Waals surface area contributed by atoms with Gasteiger partial charge in [-0.1, -0.05) is 0 Å². The molecule has 6 nitrogen and oxygen atoms in total. The van der Waals surface area contributed by atoms with Crippen molar-refractivity contribution in [2.24, 2.45) is 0 Å². The molecule has 2 N–H and O–H groups in total. The molecule has 0 bridgehead atoms. The Morgan fingerprint density at radius 2 is 2.05 bits per heavy atom. The van der Waals surface area contributed by atoms with Gasteiger partial charge in [0.15, 0.2) is 0 Å². The molecule has 0 spiro atoms. The van der Waals surface area contributed by atoms with E-state index in [-0.39, 0.29) is 5.82 Å². The van der Waals surface area contributed by atoms with E-state index in [0.717, 1.165) is 37.5 Å². The van der Waals surface area contributed by atoms with Crippen LogP contribution in [0.2, 0.25) is 0 Å². The summed E-state index contributed by atoms with van der Waals surface area (Å²) < 4.78 is 17.4. The first-order valence-corrected chi connectivity index (χ1v) is 7.89. The molecule has 2 aromatic rings. The number of amides is 2. The molecular formula is C14H16FN5OS. The van der Waals surface area contributed by atoms with E-state index >= 15 is 0 Å². The molecular weight excluding hydrogens is 305 g/mol. The summed E-state index contributed by atoms with van der Waals surface area (Å²) in [6.45, 7) is 1.74. The summed E-state index contributed by atoms with van der Waals surface area (Å²) in [5.41, 5.74) is 1.30. The highest BCUT2D eigenvalue weighted by atomic mass is 32.1. The second-order valence-electron chi connectivity index (χ2n) is 5.03. The molecule has 2 heterocycles. The first-order valence-electron chi connectivity index (χ1n) is 7.11. The van der Waals surface area contributed by atoms with Crippen LogP contribution >= 0.6 is 11.5 Å². The predicted octanol–water partition coefficient (Wildman–Crippen LogP) is 3.31. The maximum absolute atomic E-state index is 13.6. The molecule has 1 saturated heterocycles. The molecule has 0 atom stereocenters. The van der Waals surface area contributed by atoms with Crippen LogP contribution in [0, 0.1) is 5.82 Å². The van der Waals surface area contributed by atoms with Crippen LogP contribution in [0.4, 0.5) is 25.7 Å². The zero-order valence-electron chi connectivity index (χ0n) is 11.9. The summed E-state index contributed by atoms with van der Waals surface area (Å²) in [5.74, 6) is -0.310. The Labute approximate surface area is 131 Å². The van der Waals surface area contributed by atoms with Gasteiger partial charge >= 0.3 is 6.03 Å². The number of carbonyl (C=O) groups is 1. The normalized spacial score (nSPS) is 14.7. The van der Waals surface area contributed by atoms with Crippen molar-refractivity contribution in [2.45, 2.75) is 19.3 Å². The van der Waals surface area contributed by atoms with Crippen molar-refractivity contribution in [1.29, 1.82) is 0 Å². The smallest absolute Gasteiger partial charge is 0.325 e. The van der Waals surface area contributed by atoms with Crippen molar-refractivity contribution < 1.29 is 9.18 Å². The Kier molecular flexibility index (Phi) is 4.47. The van der Waals surface area contributed by atoms with Crippen molar-refractivity contribution in [2.75, 3.05) is 28.6 Å². The monoisotopic (exact) mass is 321 g/mol. The highest BCUT2D eigenvalue weighted by Crippen LogP contribution is 2.29. The number of anilines is 3. The molecule has 1 aliphatic heterocycles. The molecule has 116 valence electrons. The number of aromatic nitrogens is 2. The number of piperidine rings is 1. The molecule has 1 aromatic carbocycles. The zero-order chi connectivity index (χ0) is 15.4. The van der Waals surface area contributed by atoms with Crippen LogP contribution < -0.4 is 15.5 Å². The molecule has 3 rings (SSSR count). The summed E-state index contributed by atoms with van der Waals surface area (Å²) in [5, 5.41) is 5.77. The average Bonchev–Trinajstić information content (AvgIpc) is 3.03. The van der Waals surface area contributed by atoms with Gasteiger partial charge in [0.1, 0.15) is 12.1 Å². The lowest BCUT2D eigenvalue weighted by molar-refractivity contribution is 0.262. The third-order valence-electron chi connectivity index (χ3n) is 3.49. The van der Waals surface area contributed by atoms with E-state index in [1.54, 1.807) is 6.07 Å². The quantitative estimate of drug-likeness (QED) is 0.910. The average molecular weight is 321 g/mol. The number of benzene rings is 1. The van der Waals surface area contributed by atoms with Gasteiger partial charge in [0, 0.05) is 24.6 Å². The van der Waals surface area contributed by atoms with E-state index < -0.39 is 6.03 Å². The number of nitrogens with zero attached hydrogens (tertiary/aromatic N) is 3. The number of nitrogens with one attached hydrogen (secondary N) is 2. The third-order valence-corrected chi connectivity index (χ3v) is 4.07. The van der Waals surface area contributed by atoms with Crippen LogP contribution in [0.5, 0.6) is 0 Å². The van der Waals surface area contributed by atoms with Gasteiger partial charge < -0.3 is 10.2 Å². The van der Waals surface area contributed by atoms with E-state index in [9.17, 15) is 9.18 Å². The Hall–Kier alpha value is -2.22. The first kappa shape index (κ1) is 14.7. The van der Waals surface area contributed by atoms with Gasteiger partial charge in [-0.05, 0) is 37.5 Å². The molecule has 22 heavy (non-hydrogen) atoms. The fourth-order valence-electron chi connectivity index (χ4n) is 2.49. The molecule has 0 unspecified atom stereocenters. The number of hydrogen-bond donors (Lipinski definition) is 2. The van der Waals surface area contributed by atoms with E-state index in [0.29, 0.717) is 16.5 Å². The highest BCUT2D eigenvalue weighted by Gasteiger charge is 2.17. The van der Waals surface area contributed by atoms with Crippen LogP contribution in [0.15, 0.2) is 24.5 Å². The van der Waals surface area contributed by atoms with Gasteiger partial charge in [0.25, 0.3) is 0 Å². The number of urea groups is 1. The summed E-state index contributed by atoms with van der Waals surface area (Å²) in [4.78, 5) is 18.0. The summed E-state index contributed by atoms with van der Waals surface area (Å²) in [6.07, 6.45) is 4.71. The van der Waals surface area contributed by atoms with Gasteiger partial charge in [0.2, 0.25) is 5.13 Å². The molecule has 1 aromatic heterocycles. The molecule has 2 amide bonds. The topological polar surface area (TPSA) is 70.1 Å². The maximum Gasteiger partial charge on any atom is 0.325 e. The Morgan fingerprint density at radius 3 is 2.77 bits per heavy atom.